The number of furan rings is 1. The molecule has 0 spiro atoms. The zero-order chi connectivity index (χ0) is 14.4. The SMILES string of the molecule is CCc1ccc(C(=O)NCC(=O)NCc2ccco2)s1. The van der Waals surface area contributed by atoms with Gasteiger partial charge in [0.25, 0.3) is 5.91 Å². The lowest BCUT2D eigenvalue weighted by Gasteiger charge is -2.04. The van der Waals surface area contributed by atoms with Crippen molar-refractivity contribution in [1.29, 1.82) is 0 Å². The largest absolute Gasteiger partial charge is 0.467 e. The third kappa shape index (κ3) is 3.96. The lowest BCUT2D eigenvalue weighted by Crippen LogP contribution is -2.36. The summed E-state index contributed by atoms with van der Waals surface area (Å²) < 4.78 is 5.09. The van der Waals surface area contributed by atoms with Gasteiger partial charge in [0.1, 0.15) is 5.76 Å². The molecule has 2 N–H and O–H groups in total. The van der Waals surface area contributed by atoms with E-state index in [0.717, 1.165) is 11.3 Å². The first-order valence-corrected chi connectivity index (χ1v) is 7.16. The molecule has 2 amide bonds. The number of aryl methyl sites for hydroxylation is 1. The predicted octanol–water partition coefficient (Wildman–Crippen LogP) is 1.95. The Hall–Kier alpha value is -2.08. The summed E-state index contributed by atoms with van der Waals surface area (Å²) in [6, 6.07) is 7.23. The van der Waals surface area contributed by atoms with Gasteiger partial charge in [0.2, 0.25) is 5.91 Å². The van der Waals surface area contributed by atoms with Crippen molar-refractivity contribution in [3.8, 4) is 0 Å². The van der Waals surface area contributed by atoms with E-state index in [2.05, 4.69) is 10.6 Å². The highest BCUT2D eigenvalue weighted by Crippen LogP contribution is 2.16. The number of nitrogens with one attached hydrogen (secondary N) is 2. The third-order valence-electron chi connectivity index (χ3n) is 2.68. The Morgan fingerprint density at radius 1 is 1.25 bits per heavy atom. The standard InChI is InChI=1S/C14H16N2O3S/c1-2-11-5-6-12(20-11)14(18)16-9-13(17)15-8-10-4-3-7-19-10/h3-7H,2,8-9H2,1H3,(H,15,17)(H,16,18). The molecule has 2 heterocycles. The average molecular weight is 292 g/mol. The summed E-state index contributed by atoms with van der Waals surface area (Å²) in [5.41, 5.74) is 0. The summed E-state index contributed by atoms with van der Waals surface area (Å²) in [6.45, 7) is 2.31. The van der Waals surface area contributed by atoms with Gasteiger partial charge in [-0.3, -0.25) is 9.59 Å². The molecule has 0 bridgehead atoms. The van der Waals surface area contributed by atoms with Gasteiger partial charge >= 0.3 is 0 Å². The van der Waals surface area contributed by atoms with Crippen molar-refractivity contribution in [2.75, 3.05) is 6.54 Å². The molecule has 0 unspecified atom stereocenters. The fourth-order valence-electron chi connectivity index (χ4n) is 1.60. The Morgan fingerprint density at radius 3 is 2.75 bits per heavy atom. The van der Waals surface area contributed by atoms with Crippen LogP contribution in [0.4, 0.5) is 0 Å². The second-order valence-corrected chi connectivity index (χ2v) is 5.33. The molecule has 106 valence electrons. The number of hydrogen-bond acceptors (Lipinski definition) is 4. The van der Waals surface area contributed by atoms with Crippen LogP contribution in [-0.4, -0.2) is 18.4 Å². The Balaban J connectivity index is 1.73. The van der Waals surface area contributed by atoms with Crippen molar-refractivity contribution in [3.63, 3.8) is 0 Å². The zero-order valence-electron chi connectivity index (χ0n) is 11.1. The van der Waals surface area contributed by atoms with E-state index in [1.165, 1.54) is 11.3 Å². The van der Waals surface area contributed by atoms with Gasteiger partial charge in [-0.05, 0) is 30.7 Å². The lowest BCUT2D eigenvalue weighted by molar-refractivity contribution is -0.120. The van der Waals surface area contributed by atoms with E-state index >= 15 is 0 Å². The molecular formula is C14H16N2O3S. The van der Waals surface area contributed by atoms with E-state index < -0.39 is 0 Å². The minimum atomic E-state index is -0.248. The lowest BCUT2D eigenvalue weighted by atomic mass is 10.3. The van der Waals surface area contributed by atoms with Crippen LogP contribution in [0.5, 0.6) is 0 Å². The number of hydrogen-bond donors (Lipinski definition) is 2. The predicted molar refractivity (Wildman–Crippen MR) is 76.6 cm³/mol. The minimum Gasteiger partial charge on any atom is -0.467 e. The smallest absolute Gasteiger partial charge is 0.261 e. The van der Waals surface area contributed by atoms with Gasteiger partial charge in [-0.15, -0.1) is 11.3 Å². The van der Waals surface area contributed by atoms with Crippen LogP contribution in [-0.2, 0) is 17.8 Å². The quantitative estimate of drug-likeness (QED) is 0.855. The maximum absolute atomic E-state index is 11.8. The first-order valence-electron chi connectivity index (χ1n) is 6.35. The summed E-state index contributed by atoms with van der Waals surface area (Å²) in [5.74, 6) is 0.209. The van der Waals surface area contributed by atoms with Crippen molar-refractivity contribution >= 4 is 23.2 Å². The Bertz CT molecular complexity index is 575. The van der Waals surface area contributed by atoms with E-state index in [1.54, 1.807) is 24.5 Å². The van der Waals surface area contributed by atoms with E-state index in [-0.39, 0.29) is 18.4 Å². The molecule has 5 nitrogen and oxygen atoms in total. The van der Waals surface area contributed by atoms with Crippen molar-refractivity contribution in [2.24, 2.45) is 0 Å². The first-order chi connectivity index (χ1) is 9.69. The normalized spacial score (nSPS) is 10.2. The van der Waals surface area contributed by atoms with Crippen LogP contribution in [0.25, 0.3) is 0 Å². The molecule has 2 aromatic rings. The fourth-order valence-corrected chi connectivity index (χ4v) is 2.46. The van der Waals surface area contributed by atoms with Crippen LogP contribution in [0, 0.1) is 0 Å². The van der Waals surface area contributed by atoms with Crippen LogP contribution in [0.1, 0.15) is 27.2 Å². The number of thiophene rings is 1. The number of rotatable bonds is 6. The number of carbonyl (C=O) groups excluding carboxylic acids is 2. The third-order valence-corrected chi connectivity index (χ3v) is 3.91. The molecule has 2 rings (SSSR count). The molecule has 20 heavy (non-hydrogen) atoms. The van der Waals surface area contributed by atoms with E-state index in [0.29, 0.717) is 17.2 Å². The number of carbonyl (C=O) groups is 2. The van der Waals surface area contributed by atoms with Gasteiger partial charge in [-0.2, -0.15) is 0 Å². The summed E-state index contributed by atoms with van der Waals surface area (Å²) in [7, 11) is 0. The molecule has 6 heteroatoms. The monoisotopic (exact) mass is 292 g/mol. The molecule has 0 radical (unpaired) electrons. The maximum Gasteiger partial charge on any atom is 0.261 e. The van der Waals surface area contributed by atoms with Gasteiger partial charge in [-0.1, -0.05) is 6.92 Å². The van der Waals surface area contributed by atoms with Gasteiger partial charge in [0.05, 0.1) is 24.2 Å². The van der Waals surface area contributed by atoms with Crippen LogP contribution in [0.15, 0.2) is 34.9 Å². The van der Waals surface area contributed by atoms with Crippen LogP contribution >= 0.6 is 11.3 Å². The molecule has 0 saturated carbocycles. The van der Waals surface area contributed by atoms with Crippen molar-refractivity contribution in [2.45, 2.75) is 19.9 Å². The van der Waals surface area contributed by atoms with Crippen LogP contribution < -0.4 is 10.6 Å². The van der Waals surface area contributed by atoms with Crippen LogP contribution in [0.3, 0.4) is 0 Å². The first kappa shape index (κ1) is 14.3. The minimum absolute atomic E-state index is 0.0428. The molecular weight excluding hydrogens is 276 g/mol. The molecule has 2 aromatic heterocycles. The molecule has 0 aliphatic carbocycles. The van der Waals surface area contributed by atoms with Gasteiger partial charge in [0, 0.05) is 4.88 Å². The van der Waals surface area contributed by atoms with Crippen molar-refractivity contribution in [3.05, 3.63) is 46.0 Å². The van der Waals surface area contributed by atoms with Crippen LogP contribution in [0.2, 0.25) is 0 Å². The number of amides is 2. The van der Waals surface area contributed by atoms with Gasteiger partial charge in [0.15, 0.2) is 0 Å². The Morgan fingerprint density at radius 2 is 2.10 bits per heavy atom. The Labute approximate surface area is 121 Å². The Kier molecular flexibility index (Phi) is 4.95. The average Bonchev–Trinajstić information content (AvgIpc) is 3.12. The highest BCUT2D eigenvalue weighted by atomic mass is 32.1. The second kappa shape index (κ2) is 6.91. The molecule has 0 atom stereocenters. The molecule has 0 aliphatic rings. The molecule has 0 saturated heterocycles. The maximum atomic E-state index is 11.8. The van der Waals surface area contributed by atoms with Crippen molar-refractivity contribution in [1.82, 2.24) is 10.6 Å². The highest BCUT2D eigenvalue weighted by molar-refractivity contribution is 7.14. The van der Waals surface area contributed by atoms with Crippen molar-refractivity contribution < 1.29 is 14.0 Å². The summed E-state index contributed by atoms with van der Waals surface area (Å²) in [5, 5.41) is 5.26. The molecule has 0 aliphatic heterocycles. The summed E-state index contributed by atoms with van der Waals surface area (Å²) in [4.78, 5) is 25.2. The van der Waals surface area contributed by atoms with Gasteiger partial charge in [-0.25, -0.2) is 0 Å². The van der Waals surface area contributed by atoms with E-state index in [1.807, 2.05) is 13.0 Å². The summed E-state index contributed by atoms with van der Waals surface area (Å²) >= 11 is 1.45. The van der Waals surface area contributed by atoms with Gasteiger partial charge < -0.3 is 15.1 Å². The highest BCUT2D eigenvalue weighted by Gasteiger charge is 2.10. The molecule has 0 aromatic carbocycles. The topological polar surface area (TPSA) is 71.3 Å². The van der Waals surface area contributed by atoms with E-state index in [9.17, 15) is 9.59 Å². The summed E-state index contributed by atoms with van der Waals surface area (Å²) in [6.07, 6.45) is 2.45. The molecule has 0 fully saturated rings. The second-order valence-electron chi connectivity index (χ2n) is 4.16. The fraction of sp³-hybridized carbons (Fsp3) is 0.286. The zero-order valence-corrected chi connectivity index (χ0v) is 12.0. The van der Waals surface area contributed by atoms with E-state index in [4.69, 9.17) is 4.42 Å².